The van der Waals surface area contributed by atoms with E-state index in [1.54, 1.807) is 23.9 Å². The normalized spacial score (nSPS) is 10.9. The minimum Gasteiger partial charge on any atom is -0.316 e. The lowest BCUT2D eigenvalue weighted by Gasteiger charge is -2.06. The largest absolute Gasteiger partial charge is 0.316 e. The molecule has 0 saturated carbocycles. The van der Waals surface area contributed by atoms with Crippen molar-refractivity contribution in [3.05, 3.63) is 30.1 Å². The fraction of sp³-hybridized carbons (Fsp3) is 0.500. The van der Waals surface area contributed by atoms with E-state index in [0.717, 1.165) is 23.7 Å². The number of halogens is 1. The van der Waals surface area contributed by atoms with E-state index >= 15 is 0 Å². The lowest BCUT2D eigenvalue weighted by Crippen LogP contribution is -2.22. The lowest BCUT2D eigenvalue weighted by molar-refractivity contribution is 0.568. The van der Waals surface area contributed by atoms with Crippen molar-refractivity contribution in [1.29, 1.82) is 0 Å². The van der Waals surface area contributed by atoms with Gasteiger partial charge in [0.25, 0.3) is 0 Å². The molecule has 1 N–H and O–H groups in total. The van der Waals surface area contributed by atoms with Crippen molar-refractivity contribution in [2.45, 2.75) is 18.7 Å². The SMILES string of the molecule is CC(C)CNCCSc1cccc(F)c1. The molecular formula is C12H18FNS. The molecule has 0 aromatic heterocycles. The Bertz CT molecular complexity index is 289. The van der Waals surface area contributed by atoms with Gasteiger partial charge >= 0.3 is 0 Å². The monoisotopic (exact) mass is 227 g/mol. The quantitative estimate of drug-likeness (QED) is 0.592. The highest BCUT2D eigenvalue weighted by Gasteiger charge is 1.96. The average molecular weight is 227 g/mol. The molecule has 0 fully saturated rings. The van der Waals surface area contributed by atoms with Crippen molar-refractivity contribution in [2.24, 2.45) is 5.92 Å². The number of benzene rings is 1. The van der Waals surface area contributed by atoms with E-state index in [4.69, 9.17) is 0 Å². The summed E-state index contributed by atoms with van der Waals surface area (Å²) in [6.45, 7) is 6.39. The highest BCUT2D eigenvalue weighted by Crippen LogP contribution is 2.17. The summed E-state index contributed by atoms with van der Waals surface area (Å²) in [4.78, 5) is 1.00. The van der Waals surface area contributed by atoms with E-state index in [1.807, 2.05) is 6.07 Å². The van der Waals surface area contributed by atoms with Gasteiger partial charge in [-0.1, -0.05) is 19.9 Å². The molecule has 0 amide bonds. The Kier molecular flexibility index (Phi) is 5.73. The van der Waals surface area contributed by atoms with Gasteiger partial charge in [-0.2, -0.15) is 0 Å². The molecule has 0 atom stereocenters. The van der Waals surface area contributed by atoms with Crippen LogP contribution in [0, 0.1) is 11.7 Å². The zero-order valence-corrected chi connectivity index (χ0v) is 10.1. The molecule has 1 aromatic rings. The minimum absolute atomic E-state index is 0.157. The van der Waals surface area contributed by atoms with Crippen LogP contribution in [0.15, 0.2) is 29.2 Å². The van der Waals surface area contributed by atoms with Crippen LogP contribution in [0.2, 0.25) is 0 Å². The molecule has 0 heterocycles. The molecule has 0 bridgehead atoms. The Morgan fingerprint density at radius 1 is 1.40 bits per heavy atom. The third kappa shape index (κ3) is 5.80. The summed E-state index contributed by atoms with van der Waals surface area (Å²) in [7, 11) is 0. The highest BCUT2D eigenvalue weighted by atomic mass is 32.2. The molecule has 0 aliphatic heterocycles. The van der Waals surface area contributed by atoms with Crippen LogP contribution in [-0.4, -0.2) is 18.8 Å². The van der Waals surface area contributed by atoms with Crippen molar-refractivity contribution in [3.63, 3.8) is 0 Å². The first-order valence-electron chi connectivity index (χ1n) is 5.27. The van der Waals surface area contributed by atoms with Crippen LogP contribution in [-0.2, 0) is 0 Å². The summed E-state index contributed by atoms with van der Waals surface area (Å²) in [6, 6.07) is 6.74. The Morgan fingerprint density at radius 2 is 2.20 bits per heavy atom. The van der Waals surface area contributed by atoms with E-state index in [-0.39, 0.29) is 5.82 Å². The van der Waals surface area contributed by atoms with Crippen molar-refractivity contribution in [1.82, 2.24) is 5.32 Å². The summed E-state index contributed by atoms with van der Waals surface area (Å²) in [5.74, 6) is 1.51. The fourth-order valence-electron chi connectivity index (χ4n) is 1.19. The van der Waals surface area contributed by atoms with Gasteiger partial charge in [0.05, 0.1) is 0 Å². The second-order valence-corrected chi connectivity index (χ2v) is 5.07. The Morgan fingerprint density at radius 3 is 2.87 bits per heavy atom. The molecule has 0 saturated heterocycles. The van der Waals surface area contributed by atoms with E-state index in [9.17, 15) is 4.39 Å². The molecule has 15 heavy (non-hydrogen) atoms. The van der Waals surface area contributed by atoms with Crippen molar-refractivity contribution >= 4 is 11.8 Å². The van der Waals surface area contributed by atoms with Crippen molar-refractivity contribution < 1.29 is 4.39 Å². The third-order valence-corrected chi connectivity index (χ3v) is 2.89. The van der Waals surface area contributed by atoms with Crippen LogP contribution in [0.5, 0.6) is 0 Å². The van der Waals surface area contributed by atoms with Gasteiger partial charge in [-0.15, -0.1) is 11.8 Å². The van der Waals surface area contributed by atoms with Crippen molar-refractivity contribution in [2.75, 3.05) is 18.8 Å². The molecule has 1 aromatic carbocycles. The lowest BCUT2D eigenvalue weighted by atomic mass is 10.2. The van der Waals surface area contributed by atoms with Gasteiger partial charge < -0.3 is 5.32 Å². The number of nitrogens with one attached hydrogen (secondary N) is 1. The summed E-state index contributed by atoms with van der Waals surface area (Å²) in [5, 5.41) is 3.36. The predicted octanol–water partition coefficient (Wildman–Crippen LogP) is 3.16. The predicted molar refractivity (Wildman–Crippen MR) is 64.8 cm³/mol. The molecule has 84 valence electrons. The van der Waals surface area contributed by atoms with Crippen LogP contribution in [0.1, 0.15) is 13.8 Å². The van der Waals surface area contributed by atoms with Gasteiger partial charge in [-0.3, -0.25) is 0 Å². The number of thioether (sulfide) groups is 1. The average Bonchev–Trinajstić information content (AvgIpc) is 2.17. The van der Waals surface area contributed by atoms with Gasteiger partial charge in [-0.05, 0) is 30.7 Å². The molecule has 1 rings (SSSR count). The van der Waals surface area contributed by atoms with Gasteiger partial charge in [0.2, 0.25) is 0 Å². The molecule has 0 spiro atoms. The van der Waals surface area contributed by atoms with Gasteiger partial charge in [-0.25, -0.2) is 4.39 Å². The Hall–Kier alpha value is -0.540. The Labute approximate surface area is 95.5 Å². The second kappa shape index (κ2) is 6.85. The van der Waals surface area contributed by atoms with E-state index in [0.29, 0.717) is 5.92 Å². The molecule has 0 radical (unpaired) electrons. The molecule has 3 heteroatoms. The van der Waals surface area contributed by atoms with E-state index in [2.05, 4.69) is 19.2 Å². The molecule has 0 aliphatic rings. The van der Waals surface area contributed by atoms with Crippen LogP contribution in [0.25, 0.3) is 0 Å². The van der Waals surface area contributed by atoms with Crippen LogP contribution in [0.3, 0.4) is 0 Å². The third-order valence-electron chi connectivity index (χ3n) is 1.90. The first-order chi connectivity index (χ1) is 7.18. The number of hydrogen-bond donors (Lipinski definition) is 1. The fourth-order valence-corrected chi connectivity index (χ4v) is 2.04. The molecule has 0 aliphatic carbocycles. The number of hydrogen-bond acceptors (Lipinski definition) is 2. The topological polar surface area (TPSA) is 12.0 Å². The van der Waals surface area contributed by atoms with E-state index < -0.39 is 0 Å². The second-order valence-electron chi connectivity index (χ2n) is 3.90. The maximum absolute atomic E-state index is 12.8. The zero-order chi connectivity index (χ0) is 11.1. The zero-order valence-electron chi connectivity index (χ0n) is 9.29. The van der Waals surface area contributed by atoms with Gasteiger partial charge in [0.1, 0.15) is 5.82 Å². The van der Waals surface area contributed by atoms with Crippen LogP contribution >= 0.6 is 11.8 Å². The molecule has 1 nitrogen and oxygen atoms in total. The highest BCUT2D eigenvalue weighted by molar-refractivity contribution is 7.99. The van der Waals surface area contributed by atoms with E-state index in [1.165, 1.54) is 6.07 Å². The first-order valence-corrected chi connectivity index (χ1v) is 6.26. The first kappa shape index (κ1) is 12.5. The smallest absolute Gasteiger partial charge is 0.124 e. The Balaban J connectivity index is 2.15. The van der Waals surface area contributed by atoms with Crippen molar-refractivity contribution in [3.8, 4) is 0 Å². The van der Waals surface area contributed by atoms with Gasteiger partial charge in [0.15, 0.2) is 0 Å². The summed E-state index contributed by atoms with van der Waals surface area (Å²) >= 11 is 1.68. The summed E-state index contributed by atoms with van der Waals surface area (Å²) < 4.78 is 12.8. The van der Waals surface area contributed by atoms with Crippen LogP contribution in [0.4, 0.5) is 4.39 Å². The minimum atomic E-state index is -0.157. The number of rotatable bonds is 6. The standard InChI is InChI=1S/C12H18FNS/c1-10(2)9-14-6-7-15-12-5-3-4-11(13)8-12/h3-5,8,10,14H,6-7,9H2,1-2H3. The summed E-state index contributed by atoms with van der Waals surface area (Å²) in [5.41, 5.74) is 0. The molecule has 0 unspecified atom stereocenters. The summed E-state index contributed by atoms with van der Waals surface area (Å²) in [6.07, 6.45) is 0. The molecular weight excluding hydrogens is 209 g/mol. The van der Waals surface area contributed by atoms with Gasteiger partial charge in [0, 0.05) is 17.2 Å². The maximum Gasteiger partial charge on any atom is 0.124 e. The van der Waals surface area contributed by atoms with Crippen LogP contribution < -0.4 is 5.32 Å². The maximum atomic E-state index is 12.8.